The van der Waals surface area contributed by atoms with Crippen LogP contribution in [0, 0.1) is 5.82 Å². The maximum Gasteiger partial charge on any atom is 0.309 e. The Balaban J connectivity index is 1.48. The number of carbonyl (C=O) groups is 3. The molecule has 5 nitrogen and oxygen atoms in total. The third-order valence-corrected chi connectivity index (χ3v) is 5.43. The Hall–Kier alpha value is -2.84. The molecular weight excluding hydrogens is 387 g/mol. The topological polar surface area (TPSA) is 75.3 Å². The summed E-state index contributed by atoms with van der Waals surface area (Å²) in [7, 11) is 0. The van der Waals surface area contributed by atoms with Crippen LogP contribution < -0.4 is 10.6 Å². The summed E-state index contributed by atoms with van der Waals surface area (Å²) in [4.78, 5) is 37.3. The highest BCUT2D eigenvalue weighted by atomic mass is 32.1. The second-order valence-electron chi connectivity index (χ2n) is 5.60. The number of halogens is 1. The average Bonchev–Trinajstić information content (AvgIpc) is 3.37. The zero-order valence-electron chi connectivity index (χ0n) is 14.0. The van der Waals surface area contributed by atoms with Crippen LogP contribution in [0.15, 0.2) is 53.2 Å². The number of carbonyl (C=O) groups excluding carboxylic acids is 3. The van der Waals surface area contributed by atoms with Gasteiger partial charge in [0.05, 0.1) is 11.4 Å². The van der Waals surface area contributed by atoms with Crippen LogP contribution in [-0.4, -0.2) is 17.6 Å². The first kappa shape index (κ1) is 18.9. The number of benzene rings is 1. The van der Waals surface area contributed by atoms with Gasteiger partial charge in [-0.05, 0) is 41.3 Å². The van der Waals surface area contributed by atoms with E-state index in [9.17, 15) is 18.8 Å². The van der Waals surface area contributed by atoms with Gasteiger partial charge >= 0.3 is 11.8 Å². The van der Waals surface area contributed by atoms with Crippen LogP contribution in [-0.2, 0) is 22.7 Å². The molecule has 2 aromatic heterocycles. The van der Waals surface area contributed by atoms with E-state index in [1.807, 2.05) is 5.38 Å². The second-order valence-corrected chi connectivity index (χ2v) is 7.55. The van der Waals surface area contributed by atoms with Crippen LogP contribution in [0.3, 0.4) is 0 Å². The predicted molar refractivity (Wildman–Crippen MR) is 102 cm³/mol. The molecule has 0 atom stereocenters. The molecule has 8 heteroatoms. The van der Waals surface area contributed by atoms with Crippen molar-refractivity contribution in [1.82, 2.24) is 10.6 Å². The van der Waals surface area contributed by atoms with Crippen molar-refractivity contribution in [1.29, 1.82) is 0 Å². The first-order valence-corrected chi connectivity index (χ1v) is 9.75. The number of amides is 2. The van der Waals surface area contributed by atoms with Crippen LogP contribution in [0.1, 0.15) is 25.7 Å². The molecule has 0 unspecified atom stereocenters. The highest BCUT2D eigenvalue weighted by molar-refractivity contribution is 7.14. The van der Waals surface area contributed by atoms with Crippen molar-refractivity contribution in [3.8, 4) is 0 Å². The lowest BCUT2D eigenvalue weighted by atomic mass is 10.2. The van der Waals surface area contributed by atoms with Crippen LogP contribution in [0.2, 0.25) is 0 Å². The first-order chi connectivity index (χ1) is 13.0. The summed E-state index contributed by atoms with van der Waals surface area (Å²) in [5, 5.41) is 8.62. The van der Waals surface area contributed by atoms with E-state index in [-0.39, 0.29) is 24.7 Å². The molecule has 27 heavy (non-hydrogen) atoms. The van der Waals surface area contributed by atoms with Crippen molar-refractivity contribution in [2.24, 2.45) is 0 Å². The van der Waals surface area contributed by atoms with Crippen LogP contribution in [0.25, 0.3) is 0 Å². The van der Waals surface area contributed by atoms with Gasteiger partial charge in [-0.15, -0.1) is 11.3 Å². The second kappa shape index (κ2) is 8.70. The van der Waals surface area contributed by atoms with Gasteiger partial charge in [-0.2, -0.15) is 11.3 Å². The Morgan fingerprint density at radius 2 is 1.59 bits per heavy atom. The monoisotopic (exact) mass is 402 g/mol. The summed E-state index contributed by atoms with van der Waals surface area (Å²) in [6.07, 6.45) is 0. The molecule has 2 N–H and O–H groups in total. The standard InChI is InChI=1S/C19H15FN2O3S2/c20-14-3-1-12(2-4-14)9-21-18(24)19(25)22-10-15-5-6-16(27-15)17(23)13-7-8-26-11-13/h1-8,11H,9-10H2,(H,21,24)(H,22,25). The molecule has 0 aliphatic rings. The van der Waals surface area contributed by atoms with Crippen molar-refractivity contribution in [3.63, 3.8) is 0 Å². The van der Waals surface area contributed by atoms with E-state index in [1.54, 1.807) is 23.6 Å². The van der Waals surface area contributed by atoms with Crippen LogP contribution in [0.5, 0.6) is 0 Å². The minimum Gasteiger partial charge on any atom is -0.344 e. The van der Waals surface area contributed by atoms with Gasteiger partial charge in [-0.1, -0.05) is 12.1 Å². The van der Waals surface area contributed by atoms with Gasteiger partial charge in [0.2, 0.25) is 5.78 Å². The molecule has 3 rings (SSSR count). The van der Waals surface area contributed by atoms with E-state index in [4.69, 9.17) is 0 Å². The van der Waals surface area contributed by atoms with Crippen molar-refractivity contribution < 1.29 is 18.8 Å². The van der Waals surface area contributed by atoms with Gasteiger partial charge < -0.3 is 10.6 Å². The molecule has 0 radical (unpaired) electrons. The zero-order chi connectivity index (χ0) is 19.2. The summed E-state index contributed by atoms with van der Waals surface area (Å²) >= 11 is 2.73. The summed E-state index contributed by atoms with van der Waals surface area (Å²) in [6.45, 7) is 0.287. The SMILES string of the molecule is O=C(NCc1ccc(F)cc1)C(=O)NCc1ccc(C(=O)c2ccsc2)s1. The molecule has 0 saturated heterocycles. The van der Waals surface area contributed by atoms with E-state index >= 15 is 0 Å². The third-order valence-electron chi connectivity index (χ3n) is 3.66. The number of nitrogens with one attached hydrogen (secondary N) is 2. The van der Waals surface area contributed by atoms with Crippen LogP contribution >= 0.6 is 22.7 Å². The fraction of sp³-hybridized carbons (Fsp3) is 0.105. The molecule has 0 aliphatic heterocycles. The largest absolute Gasteiger partial charge is 0.344 e. The predicted octanol–water partition coefficient (Wildman–Crippen LogP) is 3.11. The van der Waals surface area contributed by atoms with Gasteiger partial charge in [0.15, 0.2) is 0 Å². The van der Waals surface area contributed by atoms with Gasteiger partial charge in [0, 0.05) is 22.4 Å². The minimum absolute atomic E-state index is 0.0594. The third kappa shape index (κ3) is 5.08. The number of hydrogen-bond donors (Lipinski definition) is 2. The normalized spacial score (nSPS) is 10.4. The molecule has 2 amide bonds. The lowest BCUT2D eigenvalue weighted by Gasteiger charge is -2.06. The number of rotatable bonds is 6. The number of hydrogen-bond acceptors (Lipinski definition) is 5. The fourth-order valence-electron chi connectivity index (χ4n) is 2.24. The van der Waals surface area contributed by atoms with Gasteiger partial charge in [0.25, 0.3) is 0 Å². The number of ketones is 1. The van der Waals surface area contributed by atoms with Crippen molar-refractivity contribution in [2.45, 2.75) is 13.1 Å². The maximum atomic E-state index is 12.8. The molecule has 0 fully saturated rings. The van der Waals surface area contributed by atoms with E-state index in [2.05, 4.69) is 10.6 Å². The van der Waals surface area contributed by atoms with E-state index in [1.165, 1.54) is 46.9 Å². The Morgan fingerprint density at radius 1 is 0.889 bits per heavy atom. The van der Waals surface area contributed by atoms with E-state index in [0.717, 1.165) is 4.88 Å². The summed E-state index contributed by atoms with van der Waals surface area (Å²) in [6, 6.07) is 10.9. The maximum absolute atomic E-state index is 12.8. The van der Waals surface area contributed by atoms with Crippen molar-refractivity contribution >= 4 is 40.3 Å². The molecular formula is C19H15FN2O3S2. The first-order valence-electron chi connectivity index (χ1n) is 7.99. The quantitative estimate of drug-likeness (QED) is 0.491. The lowest BCUT2D eigenvalue weighted by molar-refractivity contribution is -0.139. The molecule has 0 aliphatic carbocycles. The van der Waals surface area contributed by atoms with Gasteiger partial charge in [-0.25, -0.2) is 4.39 Å². The zero-order valence-corrected chi connectivity index (χ0v) is 15.7. The fourth-order valence-corrected chi connectivity index (χ4v) is 3.79. The van der Waals surface area contributed by atoms with Crippen molar-refractivity contribution in [3.05, 3.63) is 79.9 Å². The summed E-state index contributed by atoms with van der Waals surface area (Å²) < 4.78 is 12.8. The number of thiophene rings is 2. The van der Waals surface area contributed by atoms with Gasteiger partial charge in [0.1, 0.15) is 5.82 Å². The lowest BCUT2D eigenvalue weighted by Crippen LogP contribution is -2.39. The Morgan fingerprint density at radius 3 is 2.26 bits per heavy atom. The molecule has 3 aromatic rings. The molecule has 0 spiro atoms. The smallest absolute Gasteiger partial charge is 0.309 e. The van der Waals surface area contributed by atoms with Crippen LogP contribution in [0.4, 0.5) is 4.39 Å². The molecule has 1 aromatic carbocycles. The summed E-state index contributed by atoms with van der Waals surface area (Å²) in [5.74, 6) is -1.96. The molecule has 2 heterocycles. The average molecular weight is 402 g/mol. The summed E-state index contributed by atoms with van der Waals surface area (Å²) in [5.41, 5.74) is 1.32. The van der Waals surface area contributed by atoms with E-state index in [0.29, 0.717) is 16.0 Å². The Labute approximate surface area is 162 Å². The highest BCUT2D eigenvalue weighted by Gasteiger charge is 2.15. The van der Waals surface area contributed by atoms with Crippen molar-refractivity contribution in [2.75, 3.05) is 0 Å². The minimum atomic E-state index is -0.773. The Bertz CT molecular complexity index is 950. The van der Waals surface area contributed by atoms with Gasteiger partial charge in [-0.3, -0.25) is 14.4 Å². The molecule has 0 saturated carbocycles. The molecule has 138 valence electrons. The molecule has 0 bridgehead atoms. The Kier molecular flexibility index (Phi) is 6.10. The van der Waals surface area contributed by atoms with E-state index < -0.39 is 11.8 Å². The highest BCUT2D eigenvalue weighted by Crippen LogP contribution is 2.21.